The van der Waals surface area contributed by atoms with Crippen LogP contribution in [0.1, 0.15) is 69.0 Å². The van der Waals surface area contributed by atoms with Crippen LogP contribution in [0.2, 0.25) is 0 Å². The number of carbonyl (C=O) groups excluding carboxylic acids is 3. The first kappa shape index (κ1) is 32.1. The van der Waals surface area contributed by atoms with Crippen molar-refractivity contribution in [2.45, 2.75) is 50.6 Å². The molecule has 7 rings (SSSR count). The van der Waals surface area contributed by atoms with Crippen molar-refractivity contribution in [3.05, 3.63) is 98.5 Å². The lowest BCUT2D eigenvalue weighted by molar-refractivity contribution is -0.146. The van der Waals surface area contributed by atoms with Crippen LogP contribution in [0.5, 0.6) is 17.2 Å². The van der Waals surface area contributed by atoms with E-state index >= 15 is 0 Å². The minimum atomic E-state index is -2.65. The highest BCUT2D eigenvalue weighted by Crippen LogP contribution is 2.62. The van der Waals surface area contributed by atoms with Crippen molar-refractivity contribution < 1.29 is 43.5 Å². The number of aromatic amines is 1. The van der Waals surface area contributed by atoms with Crippen LogP contribution in [-0.4, -0.2) is 64.0 Å². The Bertz CT molecular complexity index is 2060. The zero-order valence-electron chi connectivity index (χ0n) is 26.6. The highest BCUT2D eigenvalue weighted by Gasteiger charge is 2.63. The van der Waals surface area contributed by atoms with Crippen molar-refractivity contribution in [3.63, 3.8) is 0 Å². The van der Waals surface area contributed by atoms with E-state index in [1.54, 1.807) is 37.3 Å². The third kappa shape index (κ3) is 4.88. The molecule has 5 aliphatic rings. The predicted octanol–water partition coefficient (Wildman–Crippen LogP) is 3.44. The second-order valence-electron chi connectivity index (χ2n) is 12.3. The number of rotatable bonds is 5. The number of hydrogen-bond donors (Lipinski definition) is 3. The van der Waals surface area contributed by atoms with Gasteiger partial charge in [0.15, 0.2) is 35.8 Å². The summed E-state index contributed by atoms with van der Waals surface area (Å²) in [7, 11) is 0. The number of aromatic nitrogens is 1. The van der Waals surface area contributed by atoms with E-state index in [0.29, 0.717) is 12.1 Å². The van der Waals surface area contributed by atoms with Gasteiger partial charge in [-0.25, -0.2) is 4.79 Å². The first-order chi connectivity index (χ1) is 23.6. The molecule has 250 valence electrons. The van der Waals surface area contributed by atoms with Gasteiger partial charge in [0.25, 0.3) is 5.56 Å². The van der Waals surface area contributed by atoms with E-state index in [1.807, 2.05) is 19.1 Å². The van der Waals surface area contributed by atoms with Crippen molar-refractivity contribution in [1.82, 2.24) is 4.98 Å². The van der Waals surface area contributed by atoms with Crippen molar-refractivity contribution >= 4 is 23.2 Å². The first-order valence-corrected chi connectivity index (χ1v) is 15.8. The quantitative estimate of drug-likeness (QED) is 0.141. The van der Waals surface area contributed by atoms with Crippen LogP contribution < -0.4 is 15.0 Å². The molecule has 0 bridgehead atoms. The number of hydrogen-bond acceptors (Lipinski definition) is 11. The van der Waals surface area contributed by atoms with Gasteiger partial charge in [0.05, 0.1) is 35.4 Å². The summed E-state index contributed by atoms with van der Waals surface area (Å²) >= 11 is 0. The molecule has 12 nitrogen and oxygen atoms in total. The molecule has 6 atom stereocenters. The fourth-order valence-corrected chi connectivity index (χ4v) is 7.50. The van der Waals surface area contributed by atoms with E-state index in [1.165, 1.54) is 12.1 Å². The van der Waals surface area contributed by atoms with Crippen LogP contribution in [0.4, 0.5) is 0 Å². The van der Waals surface area contributed by atoms with Crippen LogP contribution in [0, 0.1) is 31.1 Å². The number of esters is 1. The lowest BCUT2D eigenvalue weighted by atomic mass is 9.60. The molecule has 1 aromatic heterocycles. The van der Waals surface area contributed by atoms with E-state index in [9.17, 15) is 29.4 Å². The van der Waals surface area contributed by atoms with E-state index in [-0.39, 0.29) is 59.2 Å². The number of aliphatic hydroxyl groups is 1. The van der Waals surface area contributed by atoms with Gasteiger partial charge >= 0.3 is 5.97 Å². The average Bonchev–Trinajstić information content (AvgIpc) is 3.08. The molecular weight excluding hydrogens is 632 g/mol. The fourth-order valence-electron chi connectivity index (χ4n) is 7.50. The third-order valence-electron chi connectivity index (χ3n) is 9.52. The highest BCUT2D eigenvalue weighted by molar-refractivity contribution is 6.20. The Balaban J connectivity index is 1.39. The van der Waals surface area contributed by atoms with E-state index in [4.69, 9.17) is 25.4 Å². The van der Waals surface area contributed by atoms with E-state index < -0.39 is 70.2 Å². The zero-order valence-corrected chi connectivity index (χ0v) is 26.6. The van der Waals surface area contributed by atoms with Gasteiger partial charge in [0.1, 0.15) is 11.9 Å². The maximum atomic E-state index is 14.2. The standard InChI is InChI=1S/C37H32N2O10/c1-4-6-7-8-9-13-24(40)48-22-12-10-11-19-29(38-14-5-2)27-31(42)28-26-23(46-17-47-33(26)34(27)49-32(19)22)16-21-30(41)20-15-18(3)39-36(44)25(20)35(43)37(21,28)45/h2,4,6-10,12-13,15,19,21-23,32,42,45H,11,14,16-17H2,1,3H3,(H,39,44)/b6-4+,8-7+,13-9+,38-29?/t19-,21+,22+,23+,32-,37+/m0/s1. The molecule has 0 fully saturated rings. The number of terminal acetylenes is 1. The first-order valence-electron chi connectivity index (χ1n) is 15.8. The molecule has 1 aromatic carbocycles. The van der Waals surface area contributed by atoms with Crippen molar-refractivity contribution in [1.29, 1.82) is 0 Å². The smallest absolute Gasteiger partial charge is 0.331 e. The summed E-state index contributed by atoms with van der Waals surface area (Å²) < 4.78 is 24.2. The molecule has 3 aliphatic carbocycles. The van der Waals surface area contributed by atoms with Gasteiger partial charge in [-0.3, -0.25) is 19.4 Å². The number of ether oxygens (including phenoxy) is 4. The number of benzene rings is 1. The summed E-state index contributed by atoms with van der Waals surface area (Å²) in [5, 5.41) is 24.6. The number of H-pyrrole nitrogens is 1. The van der Waals surface area contributed by atoms with Crippen LogP contribution in [0.15, 0.2) is 64.5 Å². The van der Waals surface area contributed by atoms with Crippen molar-refractivity contribution in [3.8, 4) is 29.6 Å². The molecule has 3 heterocycles. The molecule has 2 aliphatic heterocycles. The average molecular weight is 665 g/mol. The monoisotopic (exact) mass is 664 g/mol. The Morgan fingerprint density at radius 1 is 1.20 bits per heavy atom. The third-order valence-corrected chi connectivity index (χ3v) is 9.52. The largest absolute Gasteiger partial charge is 0.507 e. The summed E-state index contributed by atoms with van der Waals surface area (Å²) in [5.41, 5.74) is -3.62. The molecule has 2 aromatic rings. The number of ketones is 2. The normalized spacial score (nSPS) is 28.7. The Kier molecular flexibility index (Phi) is 7.97. The molecule has 0 unspecified atom stereocenters. The van der Waals surface area contributed by atoms with E-state index in [0.717, 1.165) is 0 Å². The van der Waals surface area contributed by atoms with Gasteiger partial charge in [-0.05, 0) is 38.8 Å². The highest BCUT2D eigenvalue weighted by atomic mass is 16.7. The molecule has 0 amide bonds. The number of phenolic OH excluding ortho intramolecular Hbond substituents is 1. The van der Waals surface area contributed by atoms with E-state index in [2.05, 4.69) is 15.9 Å². The SMILES string of the molecule is C#CCN=C1c2c(O)c3c4c(c2O[C@@H]2[C@H](OC(=O)/C=C/C=C/C=C/C)C=CC[C@@H]12)OCO[C@@H]4C[C@@H]1C(=O)c2cc(C)[nH]c(=O)c2C(=O)[C@]31O. The number of phenols is 1. The van der Waals surface area contributed by atoms with Crippen LogP contribution >= 0.6 is 0 Å². The molecule has 12 heteroatoms. The number of Topliss-reactive ketones (excluding diaryl/α,β-unsaturated/α-hetero) is 2. The summed E-state index contributed by atoms with van der Waals surface area (Å²) in [6.45, 7) is 3.09. The predicted molar refractivity (Wildman–Crippen MR) is 175 cm³/mol. The number of aryl methyl sites for hydroxylation is 1. The van der Waals surface area contributed by atoms with Gasteiger partial charge in [-0.2, -0.15) is 0 Å². The molecule has 0 spiro atoms. The Labute approximate surface area is 280 Å². The Morgan fingerprint density at radius 2 is 2.00 bits per heavy atom. The number of nitrogens with one attached hydrogen (secondary N) is 1. The summed E-state index contributed by atoms with van der Waals surface area (Å²) in [6, 6.07) is 1.41. The number of aromatic hydroxyl groups is 1. The summed E-state index contributed by atoms with van der Waals surface area (Å²) in [4.78, 5) is 61.2. The summed E-state index contributed by atoms with van der Waals surface area (Å²) in [6.07, 6.45) is 16.7. The second kappa shape index (κ2) is 12.2. The maximum Gasteiger partial charge on any atom is 0.331 e. The lowest BCUT2D eigenvalue weighted by Gasteiger charge is -2.48. The zero-order chi connectivity index (χ0) is 34.6. The minimum Gasteiger partial charge on any atom is -0.507 e. The maximum absolute atomic E-state index is 14.2. The Hall–Kier alpha value is -5.51. The van der Waals surface area contributed by atoms with Crippen molar-refractivity contribution in [2.75, 3.05) is 13.3 Å². The molecule has 0 saturated carbocycles. The fraction of sp³-hybridized carbons (Fsp3) is 0.324. The van der Waals surface area contributed by atoms with Gasteiger partial charge in [-0.15, -0.1) is 6.42 Å². The second-order valence-corrected chi connectivity index (χ2v) is 12.3. The lowest BCUT2D eigenvalue weighted by Crippen LogP contribution is -2.56. The summed E-state index contributed by atoms with van der Waals surface area (Å²) in [5.74, 6) is -2.27. The molecule has 3 N–H and O–H groups in total. The topological polar surface area (TPSA) is 174 Å². The van der Waals surface area contributed by atoms with Crippen LogP contribution in [0.25, 0.3) is 0 Å². The van der Waals surface area contributed by atoms with Crippen LogP contribution in [-0.2, 0) is 19.9 Å². The molecule has 49 heavy (non-hydrogen) atoms. The van der Waals surface area contributed by atoms with Gasteiger partial charge in [0, 0.05) is 34.4 Å². The number of pyridine rings is 1. The van der Waals surface area contributed by atoms with Gasteiger partial charge in [0.2, 0.25) is 5.78 Å². The molecular formula is C37H32N2O10. The number of nitrogens with zero attached hydrogens (tertiary/aromatic N) is 1. The number of allylic oxidation sites excluding steroid dienone is 6. The molecule has 0 radical (unpaired) electrons. The van der Waals surface area contributed by atoms with Gasteiger partial charge < -0.3 is 34.1 Å². The Morgan fingerprint density at radius 3 is 2.78 bits per heavy atom. The number of fused-ring (bicyclic) bond motifs is 6. The minimum absolute atomic E-state index is 0.0122. The number of aliphatic imine (C=N–C) groups is 1. The van der Waals surface area contributed by atoms with Crippen LogP contribution in [0.3, 0.4) is 0 Å². The molecule has 0 saturated heterocycles. The van der Waals surface area contributed by atoms with Crippen molar-refractivity contribution in [2.24, 2.45) is 16.8 Å². The van der Waals surface area contributed by atoms with Gasteiger partial charge in [-0.1, -0.05) is 42.4 Å². The number of carbonyl (C=O) groups is 3.